The Labute approximate surface area is 152 Å². The number of carbonyl (C=O) groups is 1. The molecule has 2 heterocycles. The molecule has 0 unspecified atom stereocenters. The summed E-state index contributed by atoms with van der Waals surface area (Å²) in [6.45, 7) is 7.53. The van der Waals surface area contributed by atoms with Gasteiger partial charge in [0.1, 0.15) is 18.4 Å². The summed E-state index contributed by atoms with van der Waals surface area (Å²) in [6, 6.07) is 8.46. The van der Waals surface area contributed by atoms with Gasteiger partial charge in [-0.25, -0.2) is 0 Å². The molecule has 0 saturated carbocycles. The highest BCUT2D eigenvalue weighted by Crippen LogP contribution is 2.15. The number of rotatable bonds is 5. The molecule has 8 nitrogen and oxygen atoms in total. The third-order valence-corrected chi connectivity index (χ3v) is 4.63. The average Bonchev–Trinajstić information content (AvgIpc) is 2.96. The molecular formula is C18H23N5O3. The van der Waals surface area contributed by atoms with E-state index < -0.39 is 4.92 Å². The van der Waals surface area contributed by atoms with Crippen LogP contribution in [-0.2, 0) is 17.9 Å². The summed E-state index contributed by atoms with van der Waals surface area (Å²) >= 11 is 0. The molecule has 1 saturated heterocycles. The fourth-order valence-electron chi connectivity index (χ4n) is 3.23. The van der Waals surface area contributed by atoms with E-state index in [1.165, 1.54) is 22.0 Å². The number of aryl methyl sites for hydroxylation is 2. The monoisotopic (exact) mass is 357 g/mol. The summed E-state index contributed by atoms with van der Waals surface area (Å²) in [4.78, 5) is 27.0. The van der Waals surface area contributed by atoms with Gasteiger partial charge in [-0.1, -0.05) is 29.8 Å². The van der Waals surface area contributed by atoms with Crippen molar-refractivity contribution in [2.45, 2.75) is 26.9 Å². The molecule has 0 aliphatic carbocycles. The van der Waals surface area contributed by atoms with Gasteiger partial charge in [0.15, 0.2) is 0 Å². The second-order valence-corrected chi connectivity index (χ2v) is 6.70. The first kappa shape index (κ1) is 18.1. The maximum Gasteiger partial charge on any atom is 0.309 e. The summed E-state index contributed by atoms with van der Waals surface area (Å²) in [5.41, 5.74) is 2.80. The molecule has 1 aliphatic rings. The Hall–Kier alpha value is -2.74. The molecule has 0 N–H and O–H groups in total. The molecular weight excluding hydrogens is 334 g/mol. The van der Waals surface area contributed by atoms with Gasteiger partial charge in [-0.15, -0.1) is 0 Å². The van der Waals surface area contributed by atoms with Crippen LogP contribution >= 0.6 is 0 Å². The van der Waals surface area contributed by atoms with Crippen LogP contribution in [0.15, 0.2) is 30.5 Å². The molecule has 3 rings (SSSR count). The molecule has 0 radical (unpaired) electrons. The second-order valence-electron chi connectivity index (χ2n) is 6.70. The Morgan fingerprint density at radius 1 is 1.23 bits per heavy atom. The zero-order chi connectivity index (χ0) is 18.7. The van der Waals surface area contributed by atoms with Crippen molar-refractivity contribution in [3.05, 3.63) is 57.4 Å². The second kappa shape index (κ2) is 7.65. The molecule has 1 aromatic heterocycles. The topological polar surface area (TPSA) is 84.5 Å². The molecule has 1 amide bonds. The van der Waals surface area contributed by atoms with Gasteiger partial charge in [0, 0.05) is 32.7 Å². The quantitative estimate of drug-likeness (QED) is 0.601. The zero-order valence-corrected chi connectivity index (χ0v) is 15.1. The molecule has 138 valence electrons. The number of hydrogen-bond donors (Lipinski definition) is 0. The van der Waals surface area contributed by atoms with Crippen molar-refractivity contribution in [1.29, 1.82) is 0 Å². The number of carbonyl (C=O) groups excluding carboxylic acids is 1. The molecule has 2 aromatic rings. The van der Waals surface area contributed by atoms with Crippen molar-refractivity contribution in [3.63, 3.8) is 0 Å². The van der Waals surface area contributed by atoms with Crippen LogP contribution in [-0.4, -0.2) is 56.6 Å². The van der Waals surface area contributed by atoms with Crippen LogP contribution < -0.4 is 0 Å². The SMILES string of the molecule is Cc1cccc(CN2CCN(C(=O)Cn3cc([N+](=O)[O-])c(C)n3)CC2)c1. The van der Waals surface area contributed by atoms with Crippen LogP contribution in [0.4, 0.5) is 5.69 Å². The summed E-state index contributed by atoms with van der Waals surface area (Å²) in [7, 11) is 0. The van der Waals surface area contributed by atoms with Gasteiger partial charge in [-0.2, -0.15) is 5.10 Å². The minimum absolute atomic E-state index is 0.0343. The minimum Gasteiger partial charge on any atom is -0.339 e. The summed E-state index contributed by atoms with van der Waals surface area (Å²) < 4.78 is 1.36. The van der Waals surface area contributed by atoms with E-state index in [1.54, 1.807) is 11.8 Å². The highest BCUT2D eigenvalue weighted by Gasteiger charge is 2.23. The van der Waals surface area contributed by atoms with Crippen LogP contribution in [0, 0.1) is 24.0 Å². The van der Waals surface area contributed by atoms with E-state index >= 15 is 0 Å². The van der Waals surface area contributed by atoms with Gasteiger partial charge in [0.25, 0.3) is 0 Å². The number of nitro groups is 1. The van der Waals surface area contributed by atoms with Crippen molar-refractivity contribution in [1.82, 2.24) is 19.6 Å². The lowest BCUT2D eigenvalue weighted by atomic mass is 10.1. The smallest absolute Gasteiger partial charge is 0.309 e. The number of hydrogen-bond acceptors (Lipinski definition) is 5. The molecule has 1 aliphatic heterocycles. The summed E-state index contributed by atoms with van der Waals surface area (Å²) in [6.07, 6.45) is 1.32. The maximum absolute atomic E-state index is 12.4. The first-order valence-corrected chi connectivity index (χ1v) is 8.66. The van der Waals surface area contributed by atoms with Gasteiger partial charge in [0.2, 0.25) is 5.91 Å². The molecule has 8 heteroatoms. The summed E-state index contributed by atoms with van der Waals surface area (Å²) in [5, 5.41) is 14.9. The van der Waals surface area contributed by atoms with E-state index in [0.717, 1.165) is 19.6 Å². The Balaban J connectivity index is 1.52. The van der Waals surface area contributed by atoms with Crippen LogP contribution in [0.3, 0.4) is 0 Å². The predicted molar refractivity (Wildman–Crippen MR) is 96.7 cm³/mol. The highest BCUT2D eigenvalue weighted by molar-refractivity contribution is 5.76. The number of nitrogens with zero attached hydrogens (tertiary/aromatic N) is 5. The zero-order valence-electron chi connectivity index (χ0n) is 15.1. The van der Waals surface area contributed by atoms with Crippen molar-refractivity contribution >= 4 is 11.6 Å². The molecule has 0 atom stereocenters. The lowest BCUT2D eigenvalue weighted by Gasteiger charge is -2.34. The molecule has 1 aromatic carbocycles. The molecule has 0 bridgehead atoms. The van der Waals surface area contributed by atoms with E-state index in [1.807, 2.05) is 0 Å². The lowest BCUT2D eigenvalue weighted by molar-refractivity contribution is -0.385. The van der Waals surface area contributed by atoms with Gasteiger partial charge < -0.3 is 4.90 Å². The van der Waals surface area contributed by atoms with Gasteiger partial charge in [0.05, 0.1) is 4.92 Å². The number of amides is 1. The first-order chi connectivity index (χ1) is 12.4. The normalized spacial score (nSPS) is 15.2. The third kappa shape index (κ3) is 4.26. The largest absolute Gasteiger partial charge is 0.339 e. The summed E-state index contributed by atoms with van der Waals surface area (Å²) in [5.74, 6) is -0.0578. The predicted octanol–water partition coefficient (Wildman–Crippen LogP) is 1.75. The fraction of sp³-hybridized carbons (Fsp3) is 0.444. The van der Waals surface area contributed by atoms with E-state index in [2.05, 4.69) is 41.2 Å². The van der Waals surface area contributed by atoms with Crippen LogP contribution in [0.5, 0.6) is 0 Å². The standard InChI is InChI=1S/C18H23N5O3/c1-14-4-3-5-16(10-14)11-20-6-8-21(9-7-20)18(24)13-22-12-17(23(25)26)15(2)19-22/h3-5,10,12H,6-9,11,13H2,1-2H3. The third-order valence-electron chi connectivity index (χ3n) is 4.63. The average molecular weight is 357 g/mol. The van der Waals surface area contributed by atoms with Crippen LogP contribution in [0.25, 0.3) is 0 Å². The Bertz CT molecular complexity index is 809. The van der Waals surface area contributed by atoms with Crippen molar-refractivity contribution < 1.29 is 9.72 Å². The Morgan fingerprint density at radius 2 is 1.96 bits per heavy atom. The Morgan fingerprint density at radius 3 is 2.58 bits per heavy atom. The van der Waals surface area contributed by atoms with E-state index in [-0.39, 0.29) is 18.1 Å². The molecule has 1 fully saturated rings. The van der Waals surface area contributed by atoms with E-state index in [0.29, 0.717) is 18.8 Å². The number of aromatic nitrogens is 2. The fourth-order valence-corrected chi connectivity index (χ4v) is 3.23. The Kier molecular flexibility index (Phi) is 5.32. The molecule has 26 heavy (non-hydrogen) atoms. The first-order valence-electron chi connectivity index (χ1n) is 8.66. The number of piperazine rings is 1. The number of benzene rings is 1. The maximum atomic E-state index is 12.4. The van der Waals surface area contributed by atoms with Crippen molar-refractivity contribution in [2.24, 2.45) is 0 Å². The van der Waals surface area contributed by atoms with Gasteiger partial charge in [-0.3, -0.25) is 24.5 Å². The van der Waals surface area contributed by atoms with Crippen molar-refractivity contribution in [2.75, 3.05) is 26.2 Å². The van der Waals surface area contributed by atoms with E-state index in [9.17, 15) is 14.9 Å². The van der Waals surface area contributed by atoms with E-state index in [4.69, 9.17) is 0 Å². The van der Waals surface area contributed by atoms with Gasteiger partial charge >= 0.3 is 5.69 Å². The lowest BCUT2D eigenvalue weighted by Crippen LogP contribution is -2.49. The molecule has 0 spiro atoms. The van der Waals surface area contributed by atoms with Gasteiger partial charge in [-0.05, 0) is 19.4 Å². The van der Waals surface area contributed by atoms with Crippen molar-refractivity contribution in [3.8, 4) is 0 Å². The highest BCUT2D eigenvalue weighted by atomic mass is 16.6. The minimum atomic E-state index is -0.479. The van der Waals surface area contributed by atoms with Crippen LogP contribution in [0.1, 0.15) is 16.8 Å². The van der Waals surface area contributed by atoms with Crippen LogP contribution in [0.2, 0.25) is 0 Å².